The van der Waals surface area contributed by atoms with Crippen LogP contribution in [0.4, 0.5) is 8.78 Å². The van der Waals surface area contributed by atoms with Gasteiger partial charge in [-0.2, -0.15) is 0 Å². The van der Waals surface area contributed by atoms with Crippen molar-refractivity contribution >= 4 is 6.08 Å². The molecule has 0 atom stereocenters. The largest absolute Gasteiger partial charge is 0.451 e. The Balaban J connectivity index is 2.32. The van der Waals surface area contributed by atoms with E-state index in [1.54, 1.807) is 43.3 Å². The Kier molecular flexibility index (Phi) is 4.48. The second-order valence-corrected chi connectivity index (χ2v) is 4.42. The first-order valence-electron chi connectivity index (χ1n) is 6.19. The average molecular weight is 275 g/mol. The lowest BCUT2D eigenvalue weighted by Gasteiger charge is -2.09. The van der Waals surface area contributed by atoms with E-state index in [0.29, 0.717) is 17.9 Å². The quantitative estimate of drug-likeness (QED) is 0.911. The van der Waals surface area contributed by atoms with E-state index in [0.717, 1.165) is 5.57 Å². The van der Waals surface area contributed by atoms with Gasteiger partial charge in [-0.05, 0) is 36.8 Å². The van der Waals surface area contributed by atoms with Gasteiger partial charge in [0.1, 0.15) is 5.75 Å². The van der Waals surface area contributed by atoms with Crippen LogP contribution in [0.25, 0.3) is 6.08 Å². The summed E-state index contributed by atoms with van der Waals surface area (Å²) in [6, 6.07) is 11.0. The summed E-state index contributed by atoms with van der Waals surface area (Å²) >= 11 is 0. The normalized spacial score (nSPS) is 11.5. The molecule has 2 rings (SSSR count). The number of ether oxygens (including phenoxy) is 1. The van der Waals surface area contributed by atoms with E-state index in [1.165, 1.54) is 12.1 Å². The van der Waals surface area contributed by atoms with Crippen molar-refractivity contribution in [2.75, 3.05) is 6.54 Å². The van der Waals surface area contributed by atoms with E-state index in [-0.39, 0.29) is 0 Å². The van der Waals surface area contributed by atoms with Crippen molar-refractivity contribution < 1.29 is 13.5 Å². The van der Waals surface area contributed by atoms with Crippen molar-refractivity contribution in [3.05, 3.63) is 65.2 Å². The second-order valence-electron chi connectivity index (χ2n) is 4.42. The van der Waals surface area contributed by atoms with E-state index in [1.807, 2.05) is 0 Å². The average Bonchev–Trinajstić information content (AvgIpc) is 2.44. The Labute approximate surface area is 116 Å². The first kappa shape index (κ1) is 14.2. The number of hydrogen-bond donors (Lipinski definition) is 1. The molecule has 0 amide bonds. The Morgan fingerprint density at radius 2 is 1.75 bits per heavy atom. The number of para-hydroxylation sites is 1. The number of rotatable bonds is 4. The van der Waals surface area contributed by atoms with Crippen LogP contribution in [-0.2, 0) is 0 Å². The molecular weight excluding hydrogens is 260 g/mol. The molecule has 20 heavy (non-hydrogen) atoms. The molecule has 0 aromatic heterocycles. The lowest BCUT2D eigenvalue weighted by Crippen LogP contribution is -2.00. The molecule has 2 aromatic rings. The maximum atomic E-state index is 13.9. The molecule has 0 bridgehead atoms. The lowest BCUT2D eigenvalue weighted by molar-refractivity contribution is 0.407. The molecule has 104 valence electrons. The Morgan fingerprint density at radius 3 is 2.30 bits per heavy atom. The Hall–Kier alpha value is -2.20. The van der Waals surface area contributed by atoms with E-state index < -0.39 is 17.4 Å². The van der Waals surface area contributed by atoms with Gasteiger partial charge in [0.05, 0.1) is 0 Å². The Morgan fingerprint density at radius 1 is 1.15 bits per heavy atom. The standard InChI is InChI=1S/C16H15F2NO/c1-11(10-19)7-12-8-14(17)16(15(18)9-12)20-13-5-3-2-4-6-13/h2-9H,10,19H2,1H3/b11-7+. The maximum absolute atomic E-state index is 13.9. The summed E-state index contributed by atoms with van der Waals surface area (Å²) in [5.74, 6) is -1.51. The summed E-state index contributed by atoms with van der Waals surface area (Å²) in [6.07, 6.45) is 1.64. The van der Waals surface area contributed by atoms with Crippen LogP contribution in [0.3, 0.4) is 0 Å². The topological polar surface area (TPSA) is 35.2 Å². The van der Waals surface area contributed by atoms with E-state index in [4.69, 9.17) is 10.5 Å². The third-order valence-electron chi connectivity index (χ3n) is 2.72. The first-order chi connectivity index (χ1) is 9.60. The van der Waals surface area contributed by atoms with Crippen LogP contribution in [0.5, 0.6) is 11.5 Å². The third-order valence-corrected chi connectivity index (χ3v) is 2.72. The molecule has 0 radical (unpaired) electrons. The Bertz CT molecular complexity index is 601. The van der Waals surface area contributed by atoms with Crippen LogP contribution in [0.2, 0.25) is 0 Å². The van der Waals surface area contributed by atoms with Crippen LogP contribution in [0.1, 0.15) is 12.5 Å². The SMILES string of the molecule is C/C(=C\c1cc(F)c(Oc2ccccc2)c(F)c1)CN. The zero-order chi connectivity index (χ0) is 14.5. The molecule has 0 aliphatic rings. The maximum Gasteiger partial charge on any atom is 0.198 e. The minimum absolute atomic E-state index is 0.339. The van der Waals surface area contributed by atoms with E-state index >= 15 is 0 Å². The molecule has 0 aliphatic carbocycles. The van der Waals surface area contributed by atoms with Gasteiger partial charge in [0.2, 0.25) is 0 Å². The molecule has 2 nitrogen and oxygen atoms in total. The first-order valence-corrected chi connectivity index (χ1v) is 6.19. The van der Waals surface area contributed by atoms with Gasteiger partial charge in [-0.1, -0.05) is 29.8 Å². The highest BCUT2D eigenvalue weighted by Crippen LogP contribution is 2.29. The molecular formula is C16H15F2NO. The van der Waals surface area contributed by atoms with Crippen molar-refractivity contribution in [3.8, 4) is 11.5 Å². The number of halogens is 2. The summed E-state index contributed by atoms with van der Waals surface area (Å²) in [5.41, 5.74) is 6.70. The second kappa shape index (κ2) is 6.30. The molecule has 4 heteroatoms. The highest BCUT2D eigenvalue weighted by atomic mass is 19.1. The number of hydrogen-bond acceptors (Lipinski definition) is 2. The number of nitrogens with two attached hydrogens (primary N) is 1. The summed E-state index contributed by atoms with van der Waals surface area (Å²) in [6.45, 7) is 2.13. The number of benzene rings is 2. The highest BCUT2D eigenvalue weighted by Gasteiger charge is 2.13. The molecule has 0 aliphatic heterocycles. The van der Waals surface area contributed by atoms with Crippen molar-refractivity contribution in [1.82, 2.24) is 0 Å². The molecule has 0 saturated heterocycles. The fourth-order valence-electron chi connectivity index (χ4n) is 1.71. The summed E-state index contributed by atoms with van der Waals surface area (Å²) < 4.78 is 33.1. The monoisotopic (exact) mass is 275 g/mol. The fraction of sp³-hybridized carbons (Fsp3) is 0.125. The molecule has 0 unspecified atom stereocenters. The van der Waals surface area contributed by atoms with Gasteiger partial charge >= 0.3 is 0 Å². The van der Waals surface area contributed by atoms with Crippen LogP contribution < -0.4 is 10.5 Å². The minimum atomic E-state index is -0.745. The van der Waals surface area contributed by atoms with Gasteiger partial charge in [0, 0.05) is 6.54 Å². The van der Waals surface area contributed by atoms with E-state index in [9.17, 15) is 8.78 Å². The summed E-state index contributed by atoms with van der Waals surface area (Å²) in [4.78, 5) is 0. The third kappa shape index (κ3) is 3.42. The smallest absolute Gasteiger partial charge is 0.198 e. The van der Waals surface area contributed by atoms with Crippen LogP contribution in [0, 0.1) is 11.6 Å². The van der Waals surface area contributed by atoms with E-state index in [2.05, 4.69) is 0 Å². The lowest BCUT2D eigenvalue weighted by atomic mass is 10.1. The van der Waals surface area contributed by atoms with Gasteiger partial charge in [-0.3, -0.25) is 0 Å². The van der Waals surface area contributed by atoms with Gasteiger partial charge in [-0.15, -0.1) is 0 Å². The molecule has 0 fully saturated rings. The summed E-state index contributed by atoms with van der Waals surface area (Å²) in [7, 11) is 0. The molecule has 0 spiro atoms. The molecule has 0 heterocycles. The van der Waals surface area contributed by atoms with Crippen LogP contribution in [0.15, 0.2) is 48.0 Å². The van der Waals surface area contributed by atoms with Gasteiger partial charge in [-0.25, -0.2) is 8.78 Å². The summed E-state index contributed by atoms with van der Waals surface area (Å²) in [5, 5.41) is 0. The minimum Gasteiger partial charge on any atom is -0.451 e. The van der Waals surface area contributed by atoms with Crippen LogP contribution >= 0.6 is 0 Å². The predicted octanol–water partition coefficient (Wildman–Crippen LogP) is 4.12. The molecule has 2 N–H and O–H groups in total. The van der Waals surface area contributed by atoms with Gasteiger partial charge in [0.15, 0.2) is 17.4 Å². The molecule has 2 aromatic carbocycles. The van der Waals surface area contributed by atoms with Crippen LogP contribution in [-0.4, -0.2) is 6.54 Å². The fourth-order valence-corrected chi connectivity index (χ4v) is 1.71. The zero-order valence-corrected chi connectivity index (χ0v) is 11.1. The van der Waals surface area contributed by atoms with Gasteiger partial charge in [0.25, 0.3) is 0 Å². The van der Waals surface area contributed by atoms with Crippen molar-refractivity contribution in [1.29, 1.82) is 0 Å². The van der Waals surface area contributed by atoms with Gasteiger partial charge < -0.3 is 10.5 Å². The van der Waals surface area contributed by atoms with Crippen molar-refractivity contribution in [3.63, 3.8) is 0 Å². The van der Waals surface area contributed by atoms with Crippen molar-refractivity contribution in [2.24, 2.45) is 5.73 Å². The highest BCUT2D eigenvalue weighted by molar-refractivity contribution is 5.54. The molecule has 0 saturated carbocycles. The zero-order valence-electron chi connectivity index (χ0n) is 11.1. The van der Waals surface area contributed by atoms with Crippen molar-refractivity contribution in [2.45, 2.75) is 6.92 Å². The predicted molar refractivity (Wildman–Crippen MR) is 75.6 cm³/mol.